The Hall–Kier alpha value is -3.01. The average molecular weight is 545 g/mol. The minimum atomic E-state index is -0.881. The van der Waals surface area contributed by atoms with Gasteiger partial charge in [0.2, 0.25) is 12.7 Å². The molecule has 0 bridgehead atoms. The second-order valence-corrected chi connectivity index (χ2v) is 11.0. The van der Waals surface area contributed by atoms with Crippen molar-refractivity contribution in [3.05, 3.63) is 23.8 Å². The largest absolute Gasteiger partial charge is 0.481 e. The molecule has 3 aliphatic heterocycles. The van der Waals surface area contributed by atoms with Gasteiger partial charge in [-0.25, -0.2) is 4.79 Å². The molecule has 10 nitrogen and oxygen atoms in total. The highest BCUT2D eigenvalue weighted by molar-refractivity contribution is 5.79. The lowest BCUT2D eigenvalue weighted by Crippen LogP contribution is -2.50. The number of unbranched alkanes of at least 4 members (excludes halogenated alkanes) is 2. The van der Waals surface area contributed by atoms with Crippen LogP contribution in [0.15, 0.2) is 18.2 Å². The van der Waals surface area contributed by atoms with Gasteiger partial charge in [-0.05, 0) is 43.4 Å². The van der Waals surface area contributed by atoms with E-state index in [1.165, 1.54) is 0 Å². The van der Waals surface area contributed by atoms with Gasteiger partial charge in [-0.1, -0.05) is 32.8 Å². The molecule has 2 fully saturated rings. The molecule has 0 radical (unpaired) electrons. The molecular weight excluding hydrogens is 500 g/mol. The Bertz CT molecular complexity index is 1010. The molecule has 1 unspecified atom stereocenters. The number of amides is 3. The summed E-state index contributed by atoms with van der Waals surface area (Å²) in [5.74, 6) is -0.582. The third-order valence-electron chi connectivity index (χ3n) is 8.33. The van der Waals surface area contributed by atoms with Crippen molar-refractivity contribution in [1.29, 1.82) is 0 Å². The van der Waals surface area contributed by atoms with Crippen LogP contribution in [-0.4, -0.2) is 108 Å². The Morgan fingerprint density at radius 3 is 2.49 bits per heavy atom. The maximum atomic E-state index is 13.6. The van der Waals surface area contributed by atoms with E-state index in [0.717, 1.165) is 57.3 Å². The van der Waals surface area contributed by atoms with E-state index in [2.05, 4.69) is 18.7 Å². The number of carboxylic acid groups (broad SMARTS) is 1. The summed E-state index contributed by atoms with van der Waals surface area (Å²) in [6.07, 6.45) is 5.29. The highest BCUT2D eigenvalue weighted by Crippen LogP contribution is 2.42. The van der Waals surface area contributed by atoms with Crippen LogP contribution in [0.5, 0.6) is 11.5 Å². The summed E-state index contributed by atoms with van der Waals surface area (Å²) in [6.45, 7) is 8.32. The topological polar surface area (TPSA) is 103 Å². The second-order valence-electron chi connectivity index (χ2n) is 11.0. The lowest BCUT2D eigenvalue weighted by molar-refractivity contribution is -0.144. The predicted octanol–water partition coefficient (Wildman–Crippen LogP) is 3.46. The maximum Gasteiger partial charge on any atom is 0.319 e. The minimum Gasteiger partial charge on any atom is -0.481 e. The highest BCUT2D eigenvalue weighted by atomic mass is 16.7. The van der Waals surface area contributed by atoms with E-state index < -0.39 is 11.9 Å². The Labute approximate surface area is 231 Å². The molecule has 1 aromatic rings. The summed E-state index contributed by atoms with van der Waals surface area (Å²) >= 11 is 0. The standard InChI is InChI=1S/C29H44N4O6/c1-4-6-13-31(14-7-5-2)26(34)19-33-18-22(21-9-10-24-25(17-21)39-20-38-24)27(28(35)36)23(33)11-16-32-15-8-12-30(3)29(32)37/h9-10,17,22-23,27H,4-8,11-16,18-20H2,1-3H3,(H,35,36)/t22-,23+,27?/m1/s1. The van der Waals surface area contributed by atoms with Gasteiger partial charge in [-0.3, -0.25) is 14.5 Å². The predicted molar refractivity (Wildman–Crippen MR) is 147 cm³/mol. The lowest BCUT2D eigenvalue weighted by atomic mass is 9.84. The van der Waals surface area contributed by atoms with Crippen molar-refractivity contribution >= 4 is 17.9 Å². The quantitative estimate of drug-likeness (QED) is 0.406. The molecule has 2 saturated heterocycles. The molecule has 3 amide bonds. The first-order valence-electron chi connectivity index (χ1n) is 14.5. The number of hydrogen-bond donors (Lipinski definition) is 1. The molecule has 1 aromatic carbocycles. The molecule has 4 rings (SSSR count). The number of carbonyl (C=O) groups excluding carboxylic acids is 2. The van der Waals surface area contributed by atoms with Gasteiger partial charge in [0.15, 0.2) is 11.5 Å². The Morgan fingerprint density at radius 2 is 1.79 bits per heavy atom. The minimum absolute atomic E-state index is 0.0219. The van der Waals surface area contributed by atoms with Gasteiger partial charge in [0.05, 0.1) is 12.5 Å². The molecule has 39 heavy (non-hydrogen) atoms. The zero-order valence-corrected chi connectivity index (χ0v) is 23.6. The fourth-order valence-electron chi connectivity index (χ4n) is 6.09. The first kappa shape index (κ1) is 29.0. The SMILES string of the molecule is CCCCN(CCCC)C(=O)CN1C[C@H](c2ccc3c(c2)OCO3)C(C(=O)O)[C@@H]1CCN1CCCN(C)C1=O. The van der Waals surface area contributed by atoms with Gasteiger partial charge in [0.1, 0.15) is 0 Å². The summed E-state index contributed by atoms with van der Waals surface area (Å²) in [6, 6.07) is 5.23. The van der Waals surface area contributed by atoms with E-state index >= 15 is 0 Å². The van der Waals surface area contributed by atoms with Crippen LogP contribution in [0.4, 0.5) is 4.79 Å². The average Bonchev–Trinajstić information content (AvgIpc) is 3.53. The summed E-state index contributed by atoms with van der Waals surface area (Å²) < 4.78 is 11.0. The maximum absolute atomic E-state index is 13.6. The van der Waals surface area contributed by atoms with E-state index in [1.54, 1.807) is 11.9 Å². The number of ether oxygens (including phenoxy) is 2. The van der Waals surface area contributed by atoms with Gasteiger partial charge in [0.25, 0.3) is 0 Å². The second kappa shape index (κ2) is 13.4. The molecule has 3 atom stereocenters. The molecule has 3 heterocycles. The van der Waals surface area contributed by atoms with Crippen molar-refractivity contribution in [2.24, 2.45) is 5.92 Å². The van der Waals surface area contributed by atoms with Crippen LogP contribution in [0.25, 0.3) is 0 Å². The van der Waals surface area contributed by atoms with Crippen LogP contribution in [0.1, 0.15) is 63.9 Å². The van der Waals surface area contributed by atoms with Crippen LogP contribution in [0, 0.1) is 5.92 Å². The van der Waals surface area contributed by atoms with Gasteiger partial charge < -0.3 is 29.3 Å². The first-order valence-corrected chi connectivity index (χ1v) is 14.5. The molecule has 0 aliphatic carbocycles. The number of carbonyl (C=O) groups is 3. The van der Waals surface area contributed by atoms with Crippen molar-refractivity contribution in [3.63, 3.8) is 0 Å². The number of urea groups is 1. The van der Waals surface area contributed by atoms with Crippen LogP contribution in [0.2, 0.25) is 0 Å². The summed E-state index contributed by atoms with van der Waals surface area (Å²) in [7, 11) is 1.80. The number of carboxylic acids is 1. The summed E-state index contributed by atoms with van der Waals surface area (Å²) in [5.41, 5.74) is 0.870. The number of rotatable bonds is 13. The number of nitrogens with zero attached hydrogens (tertiary/aromatic N) is 4. The molecule has 0 aromatic heterocycles. The van der Waals surface area contributed by atoms with E-state index in [1.807, 2.05) is 28.0 Å². The molecule has 0 spiro atoms. The number of hydrogen-bond acceptors (Lipinski definition) is 6. The van der Waals surface area contributed by atoms with Gasteiger partial charge in [-0.2, -0.15) is 0 Å². The molecule has 3 aliphatic rings. The van der Waals surface area contributed by atoms with E-state index in [9.17, 15) is 19.5 Å². The molecule has 0 saturated carbocycles. The van der Waals surface area contributed by atoms with E-state index in [-0.39, 0.29) is 37.2 Å². The van der Waals surface area contributed by atoms with Gasteiger partial charge >= 0.3 is 12.0 Å². The van der Waals surface area contributed by atoms with E-state index in [0.29, 0.717) is 37.6 Å². The van der Waals surface area contributed by atoms with Crippen molar-refractivity contribution < 1.29 is 29.0 Å². The summed E-state index contributed by atoms with van der Waals surface area (Å²) in [4.78, 5) is 46.6. The number of fused-ring (bicyclic) bond motifs is 1. The third kappa shape index (κ3) is 6.77. The Kier molecular flexibility index (Phi) is 9.94. The lowest BCUT2D eigenvalue weighted by Gasteiger charge is -2.35. The van der Waals surface area contributed by atoms with Crippen molar-refractivity contribution in [3.8, 4) is 11.5 Å². The van der Waals surface area contributed by atoms with E-state index in [4.69, 9.17) is 9.47 Å². The summed E-state index contributed by atoms with van der Waals surface area (Å²) in [5, 5.41) is 10.5. The third-order valence-corrected chi connectivity index (χ3v) is 8.33. The van der Waals surface area contributed by atoms with Crippen LogP contribution >= 0.6 is 0 Å². The normalized spacial score (nSPS) is 22.9. The Balaban J connectivity index is 1.58. The Morgan fingerprint density at radius 1 is 1.08 bits per heavy atom. The zero-order chi connectivity index (χ0) is 27.9. The monoisotopic (exact) mass is 544 g/mol. The molecule has 216 valence electrons. The van der Waals surface area contributed by atoms with Crippen molar-refractivity contribution in [2.75, 3.05) is 59.7 Å². The van der Waals surface area contributed by atoms with Gasteiger partial charge in [-0.15, -0.1) is 0 Å². The first-order chi connectivity index (χ1) is 18.8. The fourth-order valence-corrected chi connectivity index (χ4v) is 6.09. The number of likely N-dealkylation sites (tertiary alicyclic amines) is 1. The fraction of sp³-hybridized carbons (Fsp3) is 0.690. The van der Waals surface area contributed by atoms with Crippen molar-refractivity contribution in [2.45, 2.75) is 64.3 Å². The number of aliphatic carboxylic acids is 1. The smallest absolute Gasteiger partial charge is 0.319 e. The number of benzene rings is 1. The highest BCUT2D eigenvalue weighted by Gasteiger charge is 2.47. The van der Waals surface area contributed by atoms with Gasteiger partial charge in [0, 0.05) is 58.3 Å². The van der Waals surface area contributed by atoms with Crippen LogP contribution in [0.3, 0.4) is 0 Å². The van der Waals surface area contributed by atoms with Crippen LogP contribution in [-0.2, 0) is 9.59 Å². The molecular formula is C29H44N4O6. The molecule has 10 heteroatoms. The van der Waals surface area contributed by atoms with Crippen LogP contribution < -0.4 is 9.47 Å². The van der Waals surface area contributed by atoms with Crippen molar-refractivity contribution in [1.82, 2.24) is 19.6 Å². The molecule has 1 N–H and O–H groups in total. The zero-order valence-electron chi connectivity index (χ0n) is 23.6.